The van der Waals surface area contributed by atoms with E-state index in [0.717, 1.165) is 23.6 Å². The predicted molar refractivity (Wildman–Crippen MR) is 91.2 cm³/mol. The maximum Gasteiger partial charge on any atom is 0.327 e. The number of halogens is 1. The van der Waals surface area contributed by atoms with E-state index in [0.29, 0.717) is 11.6 Å². The van der Waals surface area contributed by atoms with Crippen LogP contribution in [0.2, 0.25) is 5.02 Å². The molecule has 0 saturated carbocycles. The van der Waals surface area contributed by atoms with Crippen LogP contribution in [0.3, 0.4) is 0 Å². The highest BCUT2D eigenvalue weighted by Gasteiger charge is 2.33. The maximum atomic E-state index is 12.4. The Balaban J connectivity index is 1.92. The summed E-state index contributed by atoms with van der Waals surface area (Å²) in [5, 5.41) is 1.49. The van der Waals surface area contributed by atoms with Gasteiger partial charge in [0.1, 0.15) is 6.04 Å². The van der Waals surface area contributed by atoms with Gasteiger partial charge in [0.15, 0.2) is 5.06 Å². The zero-order valence-corrected chi connectivity index (χ0v) is 14.6. The lowest BCUT2D eigenvalue weighted by Crippen LogP contribution is -2.38. The van der Waals surface area contributed by atoms with Crippen molar-refractivity contribution < 1.29 is 14.3 Å². The number of thiophene rings is 1. The van der Waals surface area contributed by atoms with Crippen molar-refractivity contribution >= 4 is 28.9 Å². The Morgan fingerprint density at radius 1 is 1.35 bits per heavy atom. The van der Waals surface area contributed by atoms with Gasteiger partial charge in [-0.15, -0.1) is 11.3 Å². The lowest BCUT2D eigenvalue weighted by Gasteiger charge is -2.33. The molecule has 1 aromatic carbocycles. The fourth-order valence-corrected chi connectivity index (χ4v) is 4.14. The number of carbonyl (C=O) groups excluding carboxylic acids is 1. The molecule has 0 radical (unpaired) electrons. The number of nitrogens with zero attached hydrogens (tertiary/aromatic N) is 1. The molecule has 2 heterocycles. The average molecular weight is 352 g/mol. The highest BCUT2D eigenvalue weighted by atomic mass is 35.5. The number of fused-ring (bicyclic) bond motifs is 1. The van der Waals surface area contributed by atoms with Gasteiger partial charge in [0.05, 0.1) is 14.2 Å². The molecule has 0 unspecified atom stereocenters. The molecule has 1 aromatic heterocycles. The first-order valence-corrected chi connectivity index (χ1v) is 8.55. The van der Waals surface area contributed by atoms with Crippen molar-refractivity contribution in [3.05, 3.63) is 51.4 Å². The van der Waals surface area contributed by atoms with E-state index in [9.17, 15) is 4.79 Å². The van der Waals surface area contributed by atoms with Crippen molar-refractivity contribution in [2.24, 2.45) is 0 Å². The second-order valence-corrected chi connectivity index (χ2v) is 6.89. The first kappa shape index (κ1) is 16.3. The maximum absolute atomic E-state index is 12.4. The SMILES string of the molecule is COC(=O)[C@H](c1ccccc1Cl)N1CCc2sc(OC)cc2C1. The summed E-state index contributed by atoms with van der Waals surface area (Å²) in [7, 11) is 3.09. The van der Waals surface area contributed by atoms with Crippen LogP contribution in [0.4, 0.5) is 0 Å². The fraction of sp³-hybridized carbons (Fsp3) is 0.353. The molecule has 1 atom stereocenters. The molecule has 6 heteroatoms. The van der Waals surface area contributed by atoms with Crippen molar-refractivity contribution in [3.63, 3.8) is 0 Å². The third-order valence-corrected chi connectivity index (χ3v) is 5.61. The second kappa shape index (κ2) is 6.91. The summed E-state index contributed by atoms with van der Waals surface area (Å²) in [6.45, 7) is 1.46. The summed E-state index contributed by atoms with van der Waals surface area (Å²) in [5.74, 6) is -0.288. The first-order chi connectivity index (χ1) is 11.1. The molecule has 2 aromatic rings. The molecule has 0 aliphatic carbocycles. The molecule has 0 spiro atoms. The third kappa shape index (κ3) is 3.22. The summed E-state index contributed by atoms with van der Waals surface area (Å²) in [5.41, 5.74) is 1.99. The lowest BCUT2D eigenvalue weighted by atomic mass is 10.0. The molecule has 0 fully saturated rings. The molecule has 23 heavy (non-hydrogen) atoms. The summed E-state index contributed by atoms with van der Waals surface area (Å²) in [4.78, 5) is 15.8. The van der Waals surface area contributed by atoms with Crippen LogP contribution in [0.1, 0.15) is 22.0 Å². The van der Waals surface area contributed by atoms with Gasteiger partial charge in [-0.25, -0.2) is 4.79 Å². The molecule has 122 valence electrons. The number of hydrogen-bond donors (Lipinski definition) is 0. The summed E-state index contributed by atoms with van der Waals surface area (Å²) in [6.07, 6.45) is 0.890. The number of benzene rings is 1. The van der Waals surface area contributed by atoms with E-state index in [4.69, 9.17) is 21.1 Å². The van der Waals surface area contributed by atoms with Gasteiger partial charge >= 0.3 is 5.97 Å². The van der Waals surface area contributed by atoms with Crippen LogP contribution in [0.15, 0.2) is 30.3 Å². The van der Waals surface area contributed by atoms with Crippen molar-refractivity contribution in [3.8, 4) is 5.06 Å². The minimum absolute atomic E-state index is 0.288. The predicted octanol–water partition coefficient (Wildman–Crippen LogP) is 3.68. The molecule has 1 aliphatic heterocycles. The normalized spacial score (nSPS) is 15.8. The zero-order valence-electron chi connectivity index (χ0n) is 13.0. The third-order valence-electron chi connectivity index (χ3n) is 4.06. The summed E-state index contributed by atoms with van der Waals surface area (Å²) >= 11 is 7.98. The van der Waals surface area contributed by atoms with Crippen molar-refractivity contribution in [2.75, 3.05) is 20.8 Å². The zero-order chi connectivity index (χ0) is 16.4. The summed E-state index contributed by atoms with van der Waals surface area (Å²) in [6, 6.07) is 8.99. The van der Waals surface area contributed by atoms with Gasteiger partial charge in [-0.3, -0.25) is 4.90 Å². The number of esters is 1. The standard InChI is InChI=1S/C17H18ClNO3S/c1-21-15-9-11-10-19(8-7-14(11)23-15)16(17(20)22-2)12-5-3-4-6-13(12)18/h3-6,9,16H,7-8,10H2,1-2H3/t16-/m0/s1. The molecule has 0 saturated heterocycles. The van der Waals surface area contributed by atoms with E-state index in [-0.39, 0.29) is 5.97 Å². The van der Waals surface area contributed by atoms with Crippen LogP contribution in [0, 0.1) is 0 Å². The van der Waals surface area contributed by atoms with Crippen LogP contribution in [0.5, 0.6) is 5.06 Å². The van der Waals surface area contributed by atoms with Crippen molar-refractivity contribution in [2.45, 2.75) is 19.0 Å². The minimum atomic E-state index is -0.493. The Kier molecular flexibility index (Phi) is 4.90. The topological polar surface area (TPSA) is 38.8 Å². The van der Waals surface area contributed by atoms with Crippen LogP contribution in [0.25, 0.3) is 0 Å². The van der Waals surface area contributed by atoms with Crippen molar-refractivity contribution in [1.82, 2.24) is 4.90 Å². The molecule has 1 aliphatic rings. The molecule has 0 amide bonds. The molecule has 4 nitrogen and oxygen atoms in total. The first-order valence-electron chi connectivity index (χ1n) is 7.36. The monoisotopic (exact) mass is 351 g/mol. The number of rotatable bonds is 4. The molecule has 0 N–H and O–H groups in total. The van der Waals surface area contributed by atoms with Gasteiger partial charge < -0.3 is 9.47 Å². The van der Waals surface area contributed by atoms with Gasteiger partial charge in [0, 0.05) is 23.0 Å². The Labute approximate surface area is 144 Å². The van der Waals surface area contributed by atoms with Gasteiger partial charge in [-0.05, 0) is 29.7 Å². The summed E-state index contributed by atoms with van der Waals surface area (Å²) < 4.78 is 10.4. The molecular formula is C17H18ClNO3S. The van der Waals surface area contributed by atoms with Gasteiger partial charge in [-0.2, -0.15) is 0 Å². The number of ether oxygens (including phenoxy) is 2. The average Bonchev–Trinajstić information content (AvgIpc) is 2.99. The Hall–Kier alpha value is -1.56. The quantitative estimate of drug-likeness (QED) is 0.788. The molecule has 0 bridgehead atoms. The Bertz CT molecular complexity index is 716. The fourth-order valence-electron chi connectivity index (χ4n) is 2.93. The van der Waals surface area contributed by atoms with E-state index in [2.05, 4.69) is 4.90 Å². The van der Waals surface area contributed by atoms with Crippen LogP contribution >= 0.6 is 22.9 Å². The van der Waals surface area contributed by atoms with Crippen LogP contribution in [-0.4, -0.2) is 31.6 Å². The van der Waals surface area contributed by atoms with Crippen LogP contribution in [-0.2, 0) is 22.5 Å². The van der Waals surface area contributed by atoms with Gasteiger partial charge in [0.2, 0.25) is 0 Å². The minimum Gasteiger partial charge on any atom is -0.487 e. The number of methoxy groups -OCH3 is 2. The lowest BCUT2D eigenvalue weighted by molar-refractivity contribution is -0.147. The number of carbonyl (C=O) groups is 1. The highest BCUT2D eigenvalue weighted by molar-refractivity contribution is 7.14. The van der Waals surface area contributed by atoms with Crippen molar-refractivity contribution in [1.29, 1.82) is 0 Å². The number of hydrogen-bond acceptors (Lipinski definition) is 5. The largest absolute Gasteiger partial charge is 0.487 e. The Morgan fingerprint density at radius 2 is 2.13 bits per heavy atom. The molecule has 3 rings (SSSR count). The van der Waals surface area contributed by atoms with E-state index in [1.807, 2.05) is 24.3 Å². The Morgan fingerprint density at radius 3 is 2.83 bits per heavy atom. The molecular weight excluding hydrogens is 334 g/mol. The second-order valence-electron chi connectivity index (χ2n) is 5.39. The highest BCUT2D eigenvalue weighted by Crippen LogP contribution is 2.37. The van der Waals surface area contributed by atoms with Gasteiger partial charge in [-0.1, -0.05) is 29.8 Å². The van der Waals surface area contributed by atoms with E-state index in [1.54, 1.807) is 24.5 Å². The van der Waals surface area contributed by atoms with E-state index < -0.39 is 6.04 Å². The smallest absolute Gasteiger partial charge is 0.327 e. The van der Waals surface area contributed by atoms with E-state index in [1.165, 1.54) is 17.6 Å². The van der Waals surface area contributed by atoms with Gasteiger partial charge in [0.25, 0.3) is 0 Å². The van der Waals surface area contributed by atoms with E-state index >= 15 is 0 Å². The van der Waals surface area contributed by atoms with Crippen LogP contribution < -0.4 is 4.74 Å².